The number of amides is 1. The summed E-state index contributed by atoms with van der Waals surface area (Å²) in [5.74, 6) is 1.21. The Labute approximate surface area is 224 Å². The molecule has 1 atom stereocenters. The molecule has 1 aliphatic carbocycles. The van der Waals surface area contributed by atoms with Crippen molar-refractivity contribution in [3.8, 4) is 28.4 Å². The molecular formula is C28H28N2O7S. The Morgan fingerprint density at radius 3 is 2.50 bits per heavy atom. The number of carbonyl (C=O) groups is 1. The zero-order valence-corrected chi connectivity index (χ0v) is 22.3. The largest absolute Gasteiger partial charge is 0.493 e. The third-order valence-corrected chi connectivity index (χ3v) is 7.30. The van der Waals surface area contributed by atoms with Crippen LogP contribution in [-0.4, -0.2) is 33.5 Å². The van der Waals surface area contributed by atoms with E-state index >= 15 is 0 Å². The monoisotopic (exact) mass is 536 g/mol. The first-order chi connectivity index (χ1) is 18.4. The van der Waals surface area contributed by atoms with E-state index in [9.17, 15) is 14.5 Å². The highest BCUT2D eigenvalue weighted by Gasteiger charge is 2.29. The number of benzene rings is 2. The first kappa shape index (κ1) is 27.0. The van der Waals surface area contributed by atoms with E-state index in [-0.39, 0.29) is 17.9 Å². The van der Waals surface area contributed by atoms with Gasteiger partial charge in [0, 0.05) is 11.1 Å². The normalized spacial score (nSPS) is 13.8. The topological polar surface area (TPSA) is 113 Å². The average molecular weight is 537 g/mol. The van der Waals surface area contributed by atoms with Gasteiger partial charge in [0.15, 0.2) is 22.3 Å². The molecule has 4 rings (SSSR count). The van der Waals surface area contributed by atoms with Crippen LogP contribution in [0.3, 0.4) is 0 Å². The van der Waals surface area contributed by atoms with Gasteiger partial charge in [0.25, 0.3) is 5.91 Å². The maximum absolute atomic E-state index is 13.4. The highest BCUT2D eigenvalue weighted by molar-refractivity contribution is 7.98. The van der Waals surface area contributed by atoms with E-state index in [2.05, 4.69) is 15.5 Å². The fourth-order valence-corrected chi connectivity index (χ4v) is 5.24. The van der Waals surface area contributed by atoms with Crippen LogP contribution in [0.1, 0.15) is 39.5 Å². The van der Waals surface area contributed by atoms with Gasteiger partial charge in [0.2, 0.25) is 5.75 Å². The Kier molecular flexibility index (Phi) is 8.52. The Morgan fingerprint density at radius 2 is 1.82 bits per heavy atom. The van der Waals surface area contributed by atoms with Gasteiger partial charge < -0.3 is 24.4 Å². The van der Waals surface area contributed by atoms with E-state index in [4.69, 9.17) is 14.2 Å². The summed E-state index contributed by atoms with van der Waals surface area (Å²) in [7, 11) is 4.69. The standard InChI is InChI=1S/C28H28N2O7S/c1-34-24-14-20-18-9-11-25(38-4)23(31)13-21(18)22(10-8-19(20)26(35-2)27(24)36-3)29-28(32)17-7-5-6-16(12-17)15-37-30-33/h5-7,9,11-14,22H,8,10,15H2,1-4H3,(H,29,32)/t22-/m0/s1. The van der Waals surface area contributed by atoms with Crippen molar-refractivity contribution in [2.24, 2.45) is 5.34 Å². The number of thioether (sulfide) groups is 1. The van der Waals surface area contributed by atoms with E-state index < -0.39 is 6.04 Å². The minimum Gasteiger partial charge on any atom is -0.493 e. The van der Waals surface area contributed by atoms with Gasteiger partial charge in [-0.3, -0.25) is 9.59 Å². The van der Waals surface area contributed by atoms with Gasteiger partial charge in [-0.15, -0.1) is 16.7 Å². The quantitative estimate of drug-likeness (QED) is 0.229. The molecule has 1 aliphatic rings. The fourth-order valence-electron chi connectivity index (χ4n) is 4.77. The van der Waals surface area contributed by atoms with E-state index in [0.29, 0.717) is 51.7 Å². The van der Waals surface area contributed by atoms with Gasteiger partial charge in [-0.25, -0.2) is 0 Å². The number of rotatable bonds is 9. The molecule has 0 saturated carbocycles. The molecule has 3 aromatic rings. The maximum atomic E-state index is 13.4. The van der Waals surface area contributed by atoms with Crippen LogP contribution in [-0.2, 0) is 17.9 Å². The molecule has 0 spiro atoms. The lowest BCUT2D eigenvalue weighted by molar-refractivity contribution is 0.0934. The van der Waals surface area contributed by atoms with Crippen LogP contribution in [0.4, 0.5) is 0 Å². The Morgan fingerprint density at radius 1 is 1.03 bits per heavy atom. The van der Waals surface area contributed by atoms with Crippen LogP contribution in [0.5, 0.6) is 17.2 Å². The highest BCUT2D eigenvalue weighted by atomic mass is 32.2. The number of carbonyl (C=O) groups excluding carboxylic acids is 1. The summed E-state index contributed by atoms with van der Waals surface area (Å²) in [5, 5.41) is 5.52. The number of nitrogens with zero attached hydrogens (tertiary/aromatic N) is 1. The number of nitrogens with one attached hydrogen (secondary N) is 1. The van der Waals surface area contributed by atoms with Gasteiger partial charge in [-0.2, -0.15) is 0 Å². The second kappa shape index (κ2) is 12.0. The summed E-state index contributed by atoms with van der Waals surface area (Å²) in [6.45, 7) is -0.0392. The molecule has 1 N–H and O–H groups in total. The molecule has 0 bridgehead atoms. The summed E-state index contributed by atoms with van der Waals surface area (Å²) in [6, 6.07) is 13.5. The maximum Gasteiger partial charge on any atom is 0.251 e. The van der Waals surface area contributed by atoms with Crippen molar-refractivity contribution in [3.63, 3.8) is 0 Å². The first-order valence-electron chi connectivity index (χ1n) is 11.8. The van der Waals surface area contributed by atoms with Crippen LogP contribution in [0.25, 0.3) is 11.1 Å². The van der Waals surface area contributed by atoms with E-state index in [1.165, 1.54) is 11.8 Å². The van der Waals surface area contributed by atoms with Crippen molar-refractivity contribution in [2.45, 2.75) is 30.4 Å². The van der Waals surface area contributed by atoms with Gasteiger partial charge in [-0.05, 0) is 71.7 Å². The van der Waals surface area contributed by atoms with Crippen LogP contribution < -0.4 is 25.0 Å². The number of methoxy groups -OCH3 is 3. The van der Waals surface area contributed by atoms with Crippen molar-refractivity contribution in [1.29, 1.82) is 0 Å². The van der Waals surface area contributed by atoms with Crippen molar-refractivity contribution in [1.82, 2.24) is 5.32 Å². The number of ether oxygens (including phenoxy) is 3. The molecule has 0 aliphatic heterocycles. The minimum absolute atomic E-state index is 0.0392. The lowest BCUT2D eigenvalue weighted by Crippen LogP contribution is -2.29. The third-order valence-electron chi connectivity index (χ3n) is 6.52. The molecule has 38 heavy (non-hydrogen) atoms. The van der Waals surface area contributed by atoms with Crippen LogP contribution >= 0.6 is 11.8 Å². The summed E-state index contributed by atoms with van der Waals surface area (Å²) in [6.07, 6.45) is 2.90. The molecule has 10 heteroatoms. The minimum atomic E-state index is -0.474. The number of hydrogen-bond donors (Lipinski definition) is 1. The second-order valence-corrected chi connectivity index (χ2v) is 9.41. The Balaban J connectivity index is 1.85. The molecular weight excluding hydrogens is 508 g/mol. The van der Waals surface area contributed by atoms with Crippen molar-refractivity contribution in [2.75, 3.05) is 27.6 Å². The molecule has 0 heterocycles. The van der Waals surface area contributed by atoms with E-state index in [1.807, 2.05) is 18.4 Å². The highest BCUT2D eigenvalue weighted by Crippen LogP contribution is 2.49. The molecule has 0 fully saturated rings. The Bertz CT molecular complexity index is 1430. The second-order valence-electron chi connectivity index (χ2n) is 8.56. The molecule has 9 nitrogen and oxygen atoms in total. The molecule has 0 saturated heterocycles. The van der Waals surface area contributed by atoms with Gasteiger partial charge in [-0.1, -0.05) is 18.2 Å². The van der Waals surface area contributed by atoms with Crippen LogP contribution in [0.2, 0.25) is 0 Å². The molecule has 3 aromatic carbocycles. The van der Waals surface area contributed by atoms with Crippen molar-refractivity contribution >= 4 is 17.7 Å². The van der Waals surface area contributed by atoms with Crippen LogP contribution in [0.15, 0.2) is 63.6 Å². The molecule has 1 amide bonds. The zero-order valence-electron chi connectivity index (χ0n) is 21.5. The predicted octanol–water partition coefficient (Wildman–Crippen LogP) is 5.08. The van der Waals surface area contributed by atoms with Crippen LogP contribution in [0, 0.1) is 4.91 Å². The fraction of sp³-hybridized carbons (Fsp3) is 0.286. The third kappa shape index (κ3) is 5.31. The summed E-state index contributed by atoms with van der Waals surface area (Å²) in [5.41, 5.74) is 4.12. The Hall–Kier alpha value is -4.05. The predicted molar refractivity (Wildman–Crippen MR) is 145 cm³/mol. The summed E-state index contributed by atoms with van der Waals surface area (Å²) >= 11 is 1.36. The summed E-state index contributed by atoms with van der Waals surface area (Å²) in [4.78, 5) is 41.9. The molecule has 0 aromatic heterocycles. The zero-order chi connectivity index (χ0) is 27.2. The lowest BCUT2D eigenvalue weighted by Gasteiger charge is -2.19. The molecule has 0 unspecified atom stereocenters. The van der Waals surface area contributed by atoms with Crippen molar-refractivity contribution < 1.29 is 23.8 Å². The molecule has 0 radical (unpaired) electrons. The summed E-state index contributed by atoms with van der Waals surface area (Å²) < 4.78 is 17.0. The number of fused-ring (bicyclic) bond motifs is 3. The van der Waals surface area contributed by atoms with Gasteiger partial charge in [0.1, 0.15) is 6.61 Å². The van der Waals surface area contributed by atoms with E-state index in [0.717, 1.165) is 16.7 Å². The molecule has 198 valence electrons. The SMILES string of the molecule is COc1cc2c(c(OC)c1OC)CC[C@H](NC(=O)c1cccc(CON=O)c1)c1cc(=O)c(SC)ccc1-2. The first-order valence-corrected chi connectivity index (χ1v) is 13.1. The average Bonchev–Trinajstić information content (AvgIpc) is 3.19. The smallest absolute Gasteiger partial charge is 0.251 e. The lowest BCUT2D eigenvalue weighted by atomic mass is 9.96. The van der Waals surface area contributed by atoms with Gasteiger partial charge >= 0.3 is 0 Å². The van der Waals surface area contributed by atoms with Gasteiger partial charge in [0.05, 0.1) is 32.3 Å². The van der Waals surface area contributed by atoms with E-state index in [1.54, 1.807) is 57.7 Å². The van der Waals surface area contributed by atoms with Crippen molar-refractivity contribution in [3.05, 3.63) is 85.9 Å². The number of hydrogen-bond acceptors (Lipinski definition) is 9.